The third-order valence-corrected chi connectivity index (χ3v) is 10.1. The van der Waals surface area contributed by atoms with E-state index in [0.29, 0.717) is 37.3 Å². The van der Waals surface area contributed by atoms with Crippen molar-refractivity contribution in [2.45, 2.75) is 55.9 Å². The smallest absolute Gasteiger partial charge is 0.319 e. The monoisotopic (exact) mass is 626 g/mol. The maximum Gasteiger partial charge on any atom is 0.319 e. The lowest BCUT2D eigenvalue weighted by Crippen LogP contribution is -2.51. The lowest BCUT2D eigenvalue weighted by Gasteiger charge is -2.34. The molecule has 8 rings (SSSR count). The quantitative estimate of drug-likeness (QED) is 0.279. The Kier molecular flexibility index (Phi) is 6.48. The Labute approximate surface area is 255 Å². The molecule has 9 nitrogen and oxygen atoms in total. The molecule has 0 radical (unpaired) electrons. The van der Waals surface area contributed by atoms with Crippen molar-refractivity contribution < 1.29 is 28.1 Å². The number of pyridine rings is 1. The highest BCUT2D eigenvalue weighted by Gasteiger charge is 2.49. The number of nitrogens with zero attached hydrogens (tertiary/aromatic N) is 5. The summed E-state index contributed by atoms with van der Waals surface area (Å²) in [5, 5.41) is 25.6. The van der Waals surface area contributed by atoms with Gasteiger partial charge in [0, 0.05) is 49.1 Å². The summed E-state index contributed by atoms with van der Waals surface area (Å²) in [5.74, 6) is -2.10. The number of rotatable bonds is 5. The van der Waals surface area contributed by atoms with Gasteiger partial charge in [-0.3, -0.25) is 4.90 Å². The second-order valence-corrected chi connectivity index (χ2v) is 12.9. The van der Waals surface area contributed by atoms with E-state index < -0.39 is 29.2 Å². The number of piperazine rings is 1. The van der Waals surface area contributed by atoms with Gasteiger partial charge in [0.1, 0.15) is 46.8 Å². The van der Waals surface area contributed by atoms with Gasteiger partial charge in [-0.15, -0.1) is 0 Å². The van der Waals surface area contributed by atoms with Crippen LogP contribution in [0.4, 0.5) is 19.0 Å². The Hall–Kier alpha value is -3.61. The van der Waals surface area contributed by atoms with E-state index in [0.717, 1.165) is 38.3 Å². The number of benzene rings is 2. The van der Waals surface area contributed by atoms with Crippen LogP contribution in [-0.2, 0) is 0 Å². The molecular formula is C31H30ClF3N6O3. The maximum atomic E-state index is 16.7. The number of hydrogen-bond donors (Lipinski definition) is 3. The van der Waals surface area contributed by atoms with E-state index in [2.05, 4.69) is 25.2 Å². The maximum absolute atomic E-state index is 16.7. The van der Waals surface area contributed by atoms with Crippen LogP contribution < -0.4 is 15.0 Å². The number of aromatic hydroxyl groups is 2. The van der Waals surface area contributed by atoms with Gasteiger partial charge in [-0.05, 0) is 55.8 Å². The second kappa shape index (κ2) is 10.2. The molecule has 4 aliphatic heterocycles. The zero-order chi connectivity index (χ0) is 30.3. The number of phenolic OH excluding ortho intramolecular Hbond substituents is 1. The molecule has 2 aromatic carbocycles. The first kappa shape index (κ1) is 27.9. The molecule has 2 bridgehead atoms. The highest BCUT2D eigenvalue weighted by atomic mass is 35.5. The van der Waals surface area contributed by atoms with Gasteiger partial charge in [0.25, 0.3) is 0 Å². The number of halogens is 4. The number of ether oxygens (including phenoxy) is 1. The van der Waals surface area contributed by atoms with Crippen molar-refractivity contribution in [3.8, 4) is 28.9 Å². The number of fused-ring (bicyclic) bond motifs is 5. The normalized spacial score (nSPS) is 26.6. The molecule has 2 aromatic heterocycles. The van der Waals surface area contributed by atoms with Crippen LogP contribution in [0.1, 0.15) is 32.1 Å². The molecule has 0 aliphatic carbocycles. The fraction of sp³-hybridized carbons (Fsp3) is 0.452. The van der Waals surface area contributed by atoms with Gasteiger partial charge >= 0.3 is 6.01 Å². The van der Waals surface area contributed by atoms with Gasteiger partial charge in [0.05, 0.1) is 10.6 Å². The molecule has 4 aromatic rings. The van der Waals surface area contributed by atoms with E-state index in [1.165, 1.54) is 18.2 Å². The van der Waals surface area contributed by atoms with Crippen LogP contribution >= 0.6 is 11.6 Å². The highest BCUT2D eigenvalue weighted by Crippen LogP contribution is 2.44. The van der Waals surface area contributed by atoms with E-state index in [-0.39, 0.29) is 63.0 Å². The molecular weight excluding hydrogens is 597 g/mol. The van der Waals surface area contributed by atoms with Gasteiger partial charge in [-0.1, -0.05) is 17.7 Å². The summed E-state index contributed by atoms with van der Waals surface area (Å²) in [6, 6.07) is 5.50. The first-order valence-electron chi connectivity index (χ1n) is 14.9. The molecule has 4 aliphatic rings. The fourth-order valence-electron chi connectivity index (χ4n) is 7.77. The van der Waals surface area contributed by atoms with E-state index >= 15 is 4.39 Å². The Morgan fingerprint density at radius 3 is 2.64 bits per heavy atom. The minimum atomic E-state index is -0.944. The van der Waals surface area contributed by atoms with Gasteiger partial charge in [0.15, 0.2) is 5.82 Å². The van der Waals surface area contributed by atoms with Crippen molar-refractivity contribution >= 4 is 39.1 Å². The standard InChI is InChI=1S/C31H30ClF3N6O3/c32-24-21(34)5-2-15-8-19(42)9-20(22(15)24)26-25(35)27-23(29(43)37-26)28(40-12-17-3-4-18(13-40)36-17)39-30(38-27)44-14-31-6-1-7-41(31)11-16(33)10-31/h2,5,8-9,16-18,36,42H,1,3-4,6-7,10-14H2,(H,37,43)/t16-,17?,18?,31+/m1/s1. The minimum Gasteiger partial charge on any atom is -0.508 e. The number of phenols is 1. The van der Waals surface area contributed by atoms with Crippen molar-refractivity contribution in [3.05, 3.63) is 40.9 Å². The van der Waals surface area contributed by atoms with Crippen LogP contribution in [0.3, 0.4) is 0 Å². The number of hydrogen-bond acceptors (Lipinski definition) is 9. The molecule has 4 saturated heterocycles. The molecule has 13 heteroatoms. The van der Waals surface area contributed by atoms with Crippen molar-refractivity contribution in [1.82, 2.24) is 25.2 Å². The first-order valence-corrected chi connectivity index (χ1v) is 15.3. The van der Waals surface area contributed by atoms with Crippen molar-refractivity contribution in [2.24, 2.45) is 0 Å². The molecule has 2 unspecified atom stereocenters. The fourth-order valence-corrected chi connectivity index (χ4v) is 8.05. The molecule has 230 valence electrons. The number of alkyl halides is 1. The summed E-state index contributed by atoms with van der Waals surface area (Å²) >= 11 is 6.33. The van der Waals surface area contributed by atoms with Crippen LogP contribution in [0, 0.1) is 11.6 Å². The number of nitrogens with one attached hydrogen (secondary N) is 1. The van der Waals surface area contributed by atoms with Crippen LogP contribution in [0.5, 0.6) is 17.6 Å². The summed E-state index contributed by atoms with van der Waals surface area (Å²) in [6.07, 6.45) is 3.09. The number of aromatic nitrogens is 3. The Bertz CT molecular complexity index is 1820. The Balaban J connectivity index is 1.29. The lowest BCUT2D eigenvalue weighted by atomic mass is 9.95. The third kappa shape index (κ3) is 4.40. The average Bonchev–Trinajstić information content (AvgIpc) is 3.65. The molecule has 0 amide bonds. The predicted molar refractivity (Wildman–Crippen MR) is 159 cm³/mol. The zero-order valence-electron chi connectivity index (χ0n) is 23.7. The van der Waals surface area contributed by atoms with Gasteiger partial charge in [-0.2, -0.15) is 9.97 Å². The lowest BCUT2D eigenvalue weighted by molar-refractivity contribution is 0.107. The van der Waals surface area contributed by atoms with Gasteiger partial charge in [0.2, 0.25) is 5.88 Å². The average molecular weight is 627 g/mol. The van der Waals surface area contributed by atoms with Crippen LogP contribution in [0.25, 0.3) is 32.9 Å². The second-order valence-electron chi connectivity index (χ2n) is 12.5. The van der Waals surface area contributed by atoms with E-state index in [1.807, 2.05) is 4.90 Å². The SMILES string of the molecule is Oc1cc(-c2nc(O)c3c(N4CC5CCC(C4)N5)nc(OC[C@@]45CCCN4C[C@H](F)C5)nc3c2F)c2c(Cl)c(F)ccc2c1. The third-order valence-electron chi connectivity index (χ3n) is 9.72. The topological polar surface area (TPSA) is 107 Å². The summed E-state index contributed by atoms with van der Waals surface area (Å²) < 4.78 is 51.8. The molecule has 4 fully saturated rings. The summed E-state index contributed by atoms with van der Waals surface area (Å²) in [6.45, 7) is 2.45. The highest BCUT2D eigenvalue weighted by molar-refractivity contribution is 6.37. The van der Waals surface area contributed by atoms with Crippen LogP contribution in [0.2, 0.25) is 5.02 Å². The molecule has 0 saturated carbocycles. The van der Waals surface area contributed by atoms with E-state index in [9.17, 15) is 19.0 Å². The largest absolute Gasteiger partial charge is 0.508 e. The predicted octanol–water partition coefficient (Wildman–Crippen LogP) is 5.08. The van der Waals surface area contributed by atoms with Crippen LogP contribution in [-0.4, -0.2) is 86.6 Å². The first-order chi connectivity index (χ1) is 21.2. The molecule has 0 spiro atoms. The van der Waals surface area contributed by atoms with Crippen LogP contribution in [0.15, 0.2) is 24.3 Å². The minimum absolute atomic E-state index is 0.0116. The van der Waals surface area contributed by atoms with Crippen molar-refractivity contribution in [2.75, 3.05) is 37.7 Å². The Morgan fingerprint density at radius 2 is 1.84 bits per heavy atom. The molecule has 44 heavy (non-hydrogen) atoms. The summed E-state index contributed by atoms with van der Waals surface area (Å²) in [5.41, 5.74) is -1.09. The van der Waals surface area contributed by atoms with Crippen molar-refractivity contribution in [1.29, 1.82) is 0 Å². The summed E-state index contributed by atoms with van der Waals surface area (Å²) in [4.78, 5) is 17.4. The zero-order valence-corrected chi connectivity index (χ0v) is 24.4. The molecule has 3 N–H and O–H groups in total. The van der Waals surface area contributed by atoms with E-state index in [4.69, 9.17) is 16.3 Å². The van der Waals surface area contributed by atoms with Gasteiger partial charge < -0.3 is 25.2 Å². The summed E-state index contributed by atoms with van der Waals surface area (Å²) in [7, 11) is 0. The number of anilines is 1. The molecule has 4 atom stereocenters. The van der Waals surface area contributed by atoms with Crippen molar-refractivity contribution in [3.63, 3.8) is 0 Å². The molecule has 6 heterocycles. The van der Waals surface area contributed by atoms with Gasteiger partial charge in [-0.25, -0.2) is 18.2 Å². The van der Waals surface area contributed by atoms with E-state index in [1.54, 1.807) is 0 Å². The Morgan fingerprint density at radius 1 is 1.05 bits per heavy atom.